The second-order valence-electron chi connectivity index (χ2n) is 9.52. The van der Waals surface area contributed by atoms with E-state index in [4.69, 9.17) is 14.5 Å². The highest BCUT2D eigenvalue weighted by Crippen LogP contribution is 2.64. The van der Waals surface area contributed by atoms with Gasteiger partial charge in [-0.15, -0.1) is 0 Å². The van der Waals surface area contributed by atoms with Crippen LogP contribution in [0.5, 0.6) is 0 Å². The van der Waals surface area contributed by atoms with Crippen molar-refractivity contribution in [2.24, 2.45) is 13.0 Å². The highest BCUT2D eigenvalue weighted by atomic mass is 31.3. The number of aromatic amines is 1. The summed E-state index contributed by atoms with van der Waals surface area (Å²) < 4.78 is 53.9. The molecule has 22 heteroatoms. The number of aliphatic hydroxyl groups is 2. The summed E-state index contributed by atoms with van der Waals surface area (Å²) in [5.41, 5.74) is -0.269. The Hall–Kier alpha value is -1.56. The molecule has 40 heavy (non-hydrogen) atoms. The van der Waals surface area contributed by atoms with E-state index < -0.39 is 60.2 Å². The van der Waals surface area contributed by atoms with Crippen molar-refractivity contribution in [3.05, 3.63) is 16.7 Å². The molecule has 4 rings (SSSR count). The summed E-state index contributed by atoms with van der Waals surface area (Å²) in [6, 6.07) is 0. The number of nitrogens with one attached hydrogen (secondary N) is 2. The van der Waals surface area contributed by atoms with Gasteiger partial charge in [-0.3, -0.25) is 23.4 Å². The Bertz CT molecular complexity index is 1420. The molecule has 1 aliphatic heterocycles. The fourth-order valence-corrected chi connectivity index (χ4v) is 7.68. The van der Waals surface area contributed by atoms with Gasteiger partial charge >= 0.3 is 21.3 Å². The molecule has 19 nitrogen and oxygen atoms in total. The Morgan fingerprint density at radius 3 is 2.50 bits per heavy atom. The third-order valence-corrected chi connectivity index (χ3v) is 10.2. The number of hydrogen-bond donors (Lipinski definition) is 7. The van der Waals surface area contributed by atoms with Gasteiger partial charge in [0, 0.05) is 6.54 Å². The summed E-state index contributed by atoms with van der Waals surface area (Å²) in [4.78, 5) is 58.1. The van der Waals surface area contributed by atoms with E-state index in [0.717, 1.165) is 25.7 Å². The molecular weight excluding hydrogens is 603 g/mol. The van der Waals surface area contributed by atoms with Crippen LogP contribution >= 0.6 is 23.5 Å². The van der Waals surface area contributed by atoms with Crippen molar-refractivity contribution in [2.75, 3.05) is 18.5 Å². The van der Waals surface area contributed by atoms with Gasteiger partial charge in [-0.25, -0.2) is 22.3 Å². The highest BCUT2D eigenvalue weighted by molar-refractivity contribution is 7.65. The minimum Gasteiger partial charge on any atom is -0.756 e. The maximum atomic E-state index is 12.8. The van der Waals surface area contributed by atoms with Gasteiger partial charge in [0.1, 0.15) is 18.3 Å². The van der Waals surface area contributed by atoms with Crippen LogP contribution in [0, 0.1) is 5.92 Å². The van der Waals surface area contributed by atoms with E-state index in [-0.39, 0.29) is 17.1 Å². The average molecular weight is 633 g/mol. The monoisotopic (exact) mass is 633 g/mol. The average Bonchev–Trinajstić information content (AvgIpc) is 3.31. The van der Waals surface area contributed by atoms with Crippen LogP contribution in [0.25, 0.3) is 11.2 Å². The van der Waals surface area contributed by atoms with Crippen LogP contribution in [-0.2, 0) is 38.6 Å². The summed E-state index contributed by atoms with van der Waals surface area (Å²) in [7, 11) is -15.6. The fourth-order valence-electron chi connectivity index (χ4n) is 4.71. The smallest absolute Gasteiger partial charge is 0.478 e. The largest absolute Gasteiger partial charge is 0.756 e. The van der Waals surface area contributed by atoms with Crippen molar-refractivity contribution in [3.8, 4) is 0 Å². The second kappa shape index (κ2) is 12.0. The first kappa shape index (κ1) is 31.4. The van der Waals surface area contributed by atoms with E-state index in [2.05, 4.69) is 28.4 Å². The molecule has 2 aromatic rings. The van der Waals surface area contributed by atoms with Gasteiger partial charge in [-0.05, 0) is 18.8 Å². The van der Waals surface area contributed by atoms with E-state index in [9.17, 15) is 38.5 Å². The zero-order valence-electron chi connectivity index (χ0n) is 21.0. The molecule has 1 saturated carbocycles. The van der Waals surface area contributed by atoms with Crippen LogP contribution in [0.2, 0.25) is 0 Å². The first-order valence-corrected chi connectivity index (χ1v) is 16.6. The molecule has 7 N–H and O–H groups in total. The Morgan fingerprint density at radius 2 is 1.85 bits per heavy atom. The molecule has 226 valence electrons. The molecule has 2 aliphatic rings. The Kier molecular flexibility index (Phi) is 9.39. The SMILES string of the molecule is Cn1c[n+]([C@@H]2O[C@H](COP(=O)(O)OP(=O)([O-])OP(=O)(O)O)[C@@H](O)[C@H]2O)c2nc(NCC3CCCCC3)[nH]c(=O)c21. The number of anilines is 1. The van der Waals surface area contributed by atoms with Gasteiger partial charge in [0.05, 0.1) is 13.7 Å². The third kappa shape index (κ3) is 7.63. The van der Waals surface area contributed by atoms with Crippen LogP contribution in [0.3, 0.4) is 0 Å². The lowest BCUT2D eigenvalue weighted by atomic mass is 9.89. The Labute approximate surface area is 226 Å². The Balaban J connectivity index is 1.48. The van der Waals surface area contributed by atoms with Crippen molar-refractivity contribution in [2.45, 2.75) is 56.6 Å². The van der Waals surface area contributed by atoms with Crippen LogP contribution in [0.15, 0.2) is 11.1 Å². The molecule has 0 spiro atoms. The van der Waals surface area contributed by atoms with Gasteiger partial charge in [0.25, 0.3) is 19.3 Å². The molecule has 2 aromatic heterocycles. The van der Waals surface area contributed by atoms with Gasteiger partial charge in [0.2, 0.25) is 11.7 Å². The van der Waals surface area contributed by atoms with Crippen molar-refractivity contribution >= 4 is 40.6 Å². The standard InChI is InChI=1S/C18H30N5O14P3/c1-22-9-23(15-12(22)16(26)21-18(20-15)19-7-10-5-3-2-4-6-10)17-14(25)13(24)11(35-17)8-34-39(30,31)37-40(32,33)36-38(27,28)29/h9-11,13-14,17,24-25H,2-8H2,1H3,(H5-,19,20,21,26,27,28,29,30,31,32,33)/t11-,13-,14-,17-/m1/s1. The van der Waals surface area contributed by atoms with E-state index in [1.165, 1.54) is 21.9 Å². The van der Waals surface area contributed by atoms with E-state index in [1.807, 2.05) is 0 Å². The fraction of sp³-hybridized carbons (Fsp3) is 0.722. The lowest BCUT2D eigenvalue weighted by Crippen LogP contribution is -2.46. The molecule has 3 heterocycles. The zero-order valence-corrected chi connectivity index (χ0v) is 23.7. The summed E-state index contributed by atoms with van der Waals surface area (Å²) in [5, 5.41) is 24.2. The summed E-state index contributed by atoms with van der Waals surface area (Å²) >= 11 is 0. The topological polar surface area (TPSA) is 279 Å². The Morgan fingerprint density at radius 1 is 1.18 bits per heavy atom. The number of imidazole rings is 1. The number of aliphatic hydroxyl groups excluding tert-OH is 2. The van der Waals surface area contributed by atoms with Crippen molar-refractivity contribution in [3.63, 3.8) is 0 Å². The molecular formula is C18H30N5O14P3. The summed E-state index contributed by atoms with van der Waals surface area (Å²) in [5.74, 6) is 0.618. The number of aryl methyl sites for hydroxylation is 1. The lowest BCUT2D eigenvalue weighted by Gasteiger charge is -2.24. The molecule has 2 fully saturated rings. The predicted octanol–water partition coefficient (Wildman–Crippen LogP) is -1.13. The minimum atomic E-state index is -5.99. The third-order valence-electron chi connectivity index (χ3n) is 6.48. The molecule has 1 saturated heterocycles. The van der Waals surface area contributed by atoms with Crippen LogP contribution < -0.4 is 20.3 Å². The number of H-pyrrole nitrogens is 1. The molecule has 2 unspecified atom stereocenters. The normalized spacial score (nSPS) is 27.5. The van der Waals surface area contributed by atoms with Crippen LogP contribution in [-0.4, -0.2) is 70.9 Å². The van der Waals surface area contributed by atoms with E-state index >= 15 is 0 Å². The van der Waals surface area contributed by atoms with E-state index in [1.54, 1.807) is 7.05 Å². The first-order valence-electron chi connectivity index (χ1n) is 12.1. The van der Waals surface area contributed by atoms with Gasteiger partial charge in [-0.1, -0.05) is 24.2 Å². The number of phosphoric ester groups is 1. The number of phosphoric acid groups is 3. The molecule has 0 amide bonds. The minimum absolute atomic E-state index is 0.0910. The second-order valence-corrected chi connectivity index (χ2v) is 13.9. The molecule has 0 bridgehead atoms. The molecule has 0 radical (unpaired) electrons. The zero-order chi connectivity index (χ0) is 29.5. The van der Waals surface area contributed by atoms with Crippen LogP contribution in [0.4, 0.5) is 5.95 Å². The van der Waals surface area contributed by atoms with Crippen molar-refractivity contribution in [1.29, 1.82) is 0 Å². The van der Waals surface area contributed by atoms with Gasteiger partial charge in [0.15, 0.2) is 6.33 Å². The first-order chi connectivity index (χ1) is 18.6. The highest BCUT2D eigenvalue weighted by Gasteiger charge is 2.48. The lowest BCUT2D eigenvalue weighted by molar-refractivity contribution is -0.745. The number of fused-ring (bicyclic) bond motifs is 1. The summed E-state index contributed by atoms with van der Waals surface area (Å²) in [6.45, 7) is -0.410. The number of nitrogens with zero attached hydrogens (tertiary/aromatic N) is 3. The quantitative estimate of drug-likeness (QED) is 0.114. The maximum absolute atomic E-state index is 12.8. The predicted molar refractivity (Wildman–Crippen MR) is 130 cm³/mol. The maximum Gasteiger partial charge on any atom is 0.478 e. The van der Waals surface area contributed by atoms with E-state index in [0.29, 0.717) is 12.5 Å². The number of aromatic nitrogens is 4. The summed E-state index contributed by atoms with van der Waals surface area (Å²) in [6.07, 6.45) is 0.677. The van der Waals surface area contributed by atoms with Gasteiger partial charge in [-0.2, -0.15) is 0 Å². The molecule has 6 atom stereocenters. The van der Waals surface area contributed by atoms with Crippen LogP contribution in [0.1, 0.15) is 38.3 Å². The van der Waals surface area contributed by atoms with Crippen molar-refractivity contribution in [1.82, 2.24) is 14.5 Å². The van der Waals surface area contributed by atoms with Gasteiger partial charge < -0.3 is 39.8 Å². The number of ether oxygens (including phenoxy) is 1. The molecule has 1 aliphatic carbocycles. The number of hydrogen-bond acceptors (Lipinski definition) is 13. The molecule has 0 aromatic carbocycles. The van der Waals surface area contributed by atoms with Crippen molar-refractivity contribution < 1.29 is 65.9 Å². The number of rotatable bonds is 11.